The average Bonchev–Trinajstić information content (AvgIpc) is 2.67. The van der Waals surface area contributed by atoms with Crippen molar-refractivity contribution in [2.45, 2.75) is 37.2 Å². The quantitative estimate of drug-likeness (QED) is 0.768. The predicted molar refractivity (Wildman–Crippen MR) is 106 cm³/mol. The lowest BCUT2D eigenvalue weighted by Gasteiger charge is -2.37. The second-order valence-corrected chi connectivity index (χ2v) is 8.22. The normalized spacial score (nSPS) is 24.5. The van der Waals surface area contributed by atoms with Gasteiger partial charge in [0.1, 0.15) is 29.0 Å². The minimum atomic E-state index is -1.45. The standard InChI is InChI=1S/C20H21F2N3O2S/c1-11-18(22)20(2,25-19(23)28-11)14-8-12(4-6-15(14)21)9-17(26)16-7-5-13(27-3)10-24-16/h4-8,10-11,18H,9H2,1-3H3,(H2,23,25)/t11-,18+,20-/m1/s1. The Bertz CT molecular complexity index is 920. The Hall–Kier alpha value is -2.48. The molecule has 0 spiro atoms. The Morgan fingerprint density at radius 2 is 2.11 bits per heavy atom. The number of rotatable bonds is 5. The summed E-state index contributed by atoms with van der Waals surface area (Å²) in [5.74, 6) is -0.278. The van der Waals surface area contributed by atoms with Crippen LogP contribution in [0.2, 0.25) is 0 Å². The van der Waals surface area contributed by atoms with E-state index >= 15 is 0 Å². The Kier molecular flexibility index (Phi) is 5.69. The van der Waals surface area contributed by atoms with E-state index in [0.29, 0.717) is 11.3 Å². The number of ether oxygens (including phenoxy) is 1. The van der Waals surface area contributed by atoms with E-state index in [1.807, 2.05) is 0 Å². The van der Waals surface area contributed by atoms with Gasteiger partial charge in [0.05, 0.1) is 13.3 Å². The highest BCUT2D eigenvalue weighted by Crippen LogP contribution is 2.42. The van der Waals surface area contributed by atoms with Gasteiger partial charge < -0.3 is 10.5 Å². The fraction of sp³-hybridized carbons (Fsp3) is 0.350. The summed E-state index contributed by atoms with van der Waals surface area (Å²) in [6.45, 7) is 3.21. The van der Waals surface area contributed by atoms with Crippen LogP contribution in [0.3, 0.4) is 0 Å². The van der Waals surface area contributed by atoms with E-state index in [9.17, 15) is 13.6 Å². The molecule has 0 saturated carbocycles. The van der Waals surface area contributed by atoms with Crippen molar-refractivity contribution in [1.29, 1.82) is 0 Å². The van der Waals surface area contributed by atoms with Gasteiger partial charge in [-0.25, -0.2) is 18.8 Å². The first-order valence-electron chi connectivity index (χ1n) is 8.73. The third-order valence-corrected chi connectivity index (χ3v) is 5.74. The second-order valence-electron chi connectivity index (χ2n) is 6.82. The average molecular weight is 405 g/mol. The summed E-state index contributed by atoms with van der Waals surface area (Å²) in [5, 5.41) is -0.247. The number of aromatic nitrogens is 1. The van der Waals surface area contributed by atoms with Gasteiger partial charge in [-0.3, -0.25) is 4.79 Å². The number of amidine groups is 1. The summed E-state index contributed by atoms with van der Waals surface area (Å²) in [4.78, 5) is 20.8. The molecule has 8 heteroatoms. The molecular formula is C20H21F2N3O2S. The van der Waals surface area contributed by atoms with Crippen LogP contribution in [0, 0.1) is 5.82 Å². The number of hydrogen-bond acceptors (Lipinski definition) is 6. The molecule has 1 aliphatic heterocycles. The number of hydrogen-bond donors (Lipinski definition) is 1. The van der Waals surface area contributed by atoms with Crippen molar-refractivity contribution in [3.63, 3.8) is 0 Å². The van der Waals surface area contributed by atoms with Gasteiger partial charge in [0, 0.05) is 17.2 Å². The zero-order valence-electron chi connectivity index (χ0n) is 15.8. The number of Topliss-reactive ketones (excluding diaryl/α,β-unsaturated/α-hetero) is 1. The van der Waals surface area contributed by atoms with E-state index in [-0.39, 0.29) is 28.6 Å². The van der Waals surface area contributed by atoms with Gasteiger partial charge in [-0.2, -0.15) is 0 Å². The molecule has 0 unspecified atom stereocenters. The van der Waals surface area contributed by atoms with E-state index < -0.39 is 22.8 Å². The summed E-state index contributed by atoms with van der Waals surface area (Å²) in [7, 11) is 1.51. The van der Waals surface area contributed by atoms with Crippen molar-refractivity contribution in [3.8, 4) is 5.75 Å². The predicted octanol–water partition coefficient (Wildman–Crippen LogP) is 3.66. The van der Waals surface area contributed by atoms with E-state index in [1.165, 1.54) is 38.4 Å². The van der Waals surface area contributed by atoms with Crippen LogP contribution in [0.4, 0.5) is 8.78 Å². The second kappa shape index (κ2) is 7.87. The first-order chi connectivity index (χ1) is 13.2. The van der Waals surface area contributed by atoms with Crippen molar-refractivity contribution in [1.82, 2.24) is 4.98 Å². The number of nitrogens with zero attached hydrogens (tertiary/aromatic N) is 2. The molecule has 0 aliphatic carbocycles. The van der Waals surface area contributed by atoms with Gasteiger partial charge in [0.25, 0.3) is 0 Å². The van der Waals surface area contributed by atoms with Crippen molar-refractivity contribution in [2.75, 3.05) is 7.11 Å². The third kappa shape index (κ3) is 3.87. The zero-order valence-corrected chi connectivity index (χ0v) is 16.6. The van der Waals surface area contributed by atoms with Crippen LogP contribution in [-0.2, 0) is 12.0 Å². The lowest BCUT2D eigenvalue weighted by Crippen LogP contribution is -2.44. The first-order valence-corrected chi connectivity index (χ1v) is 9.60. The number of thioether (sulfide) groups is 1. The maximum Gasteiger partial charge on any atom is 0.185 e. The summed E-state index contributed by atoms with van der Waals surface area (Å²) < 4.78 is 34.6. The van der Waals surface area contributed by atoms with Gasteiger partial charge in [-0.05, 0) is 43.7 Å². The Balaban J connectivity index is 1.91. The number of pyridine rings is 1. The van der Waals surface area contributed by atoms with Crippen LogP contribution in [0.15, 0.2) is 41.5 Å². The van der Waals surface area contributed by atoms with Gasteiger partial charge in [0.15, 0.2) is 11.0 Å². The van der Waals surface area contributed by atoms with E-state index in [0.717, 1.165) is 11.8 Å². The summed E-state index contributed by atoms with van der Waals surface area (Å²) in [6, 6.07) is 7.43. The van der Waals surface area contributed by atoms with Crippen molar-refractivity contribution in [2.24, 2.45) is 10.7 Å². The van der Waals surface area contributed by atoms with Gasteiger partial charge in [0.2, 0.25) is 0 Å². The molecule has 2 N–H and O–H groups in total. The number of carbonyl (C=O) groups excluding carboxylic acids is 1. The van der Waals surface area contributed by atoms with Gasteiger partial charge in [-0.1, -0.05) is 17.8 Å². The molecule has 0 saturated heterocycles. The largest absolute Gasteiger partial charge is 0.495 e. The first kappa shape index (κ1) is 20.3. The summed E-state index contributed by atoms with van der Waals surface area (Å²) in [5.41, 5.74) is 5.28. The molecule has 1 aliphatic rings. The molecule has 0 amide bonds. The number of aliphatic imine (C=N–C) groups is 1. The van der Waals surface area contributed by atoms with Crippen molar-refractivity contribution < 1.29 is 18.3 Å². The molecule has 0 radical (unpaired) electrons. The molecule has 1 aromatic carbocycles. The maximum atomic E-state index is 15.0. The Morgan fingerprint density at radius 3 is 2.75 bits per heavy atom. The molecule has 28 heavy (non-hydrogen) atoms. The molecule has 0 fully saturated rings. The number of benzene rings is 1. The SMILES string of the molecule is COc1ccc(C(=O)Cc2ccc(F)c([C@@]3(C)N=C(N)S[C@H](C)[C@@H]3F)c2)nc1. The molecule has 2 heterocycles. The van der Waals surface area contributed by atoms with Crippen LogP contribution in [0.25, 0.3) is 0 Å². The van der Waals surface area contributed by atoms with Crippen LogP contribution in [0.5, 0.6) is 5.75 Å². The highest BCUT2D eigenvalue weighted by Gasteiger charge is 2.45. The Morgan fingerprint density at radius 1 is 1.36 bits per heavy atom. The van der Waals surface area contributed by atoms with Gasteiger partial charge >= 0.3 is 0 Å². The number of nitrogens with two attached hydrogens (primary N) is 1. The molecule has 2 aromatic rings. The lowest BCUT2D eigenvalue weighted by atomic mass is 9.84. The molecule has 3 rings (SSSR count). The fourth-order valence-corrected chi connectivity index (χ4v) is 4.25. The van der Waals surface area contributed by atoms with E-state index in [4.69, 9.17) is 10.5 Å². The smallest absolute Gasteiger partial charge is 0.185 e. The zero-order chi connectivity index (χ0) is 20.5. The maximum absolute atomic E-state index is 15.0. The fourth-order valence-electron chi connectivity index (χ4n) is 3.25. The minimum Gasteiger partial charge on any atom is -0.495 e. The third-order valence-electron chi connectivity index (χ3n) is 4.80. The minimum absolute atomic E-state index is 0.00312. The van der Waals surface area contributed by atoms with E-state index in [2.05, 4.69) is 9.98 Å². The van der Waals surface area contributed by atoms with Crippen molar-refractivity contribution in [3.05, 3.63) is 59.2 Å². The summed E-state index contributed by atoms with van der Waals surface area (Å²) >= 11 is 1.12. The molecule has 3 atom stereocenters. The number of methoxy groups -OCH3 is 1. The van der Waals surface area contributed by atoms with Crippen LogP contribution < -0.4 is 10.5 Å². The molecule has 1 aromatic heterocycles. The van der Waals surface area contributed by atoms with Crippen LogP contribution in [0.1, 0.15) is 35.5 Å². The Labute approximate surface area is 166 Å². The monoisotopic (exact) mass is 405 g/mol. The molecule has 148 valence electrons. The van der Waals surface area contributed by atoms with E-state index in [1.54, 1.807) is 19.1 Å². The van der Waals surface area contributed by atoms with Gasteiger partial charge in [-0.15, -0.1) is 0 Å². The number of ketones is 1. The molecular weight excluding hydrogens is 384 g/mol. The highest BCUT2D eigenvalue weighted by molar-refractivity contribution is 8.14. The highest BCUT2D eigenvalue weighted by atomic mass is 32.2. The molecule has 5 nitrogen and oxygen atoms in total. The number of alkyl halides is 1. The van der Waals surface area contributed by atoms with Crippen LogP contribution in [-0.4, -0.2) is 34.5 Å². The summed E-state index contributed by atoms with van der Waals surface area (Å²) in [6.07, 6.45) is 0.0354. The number of halogens is 2. The van der Waals surface area contributed by atoms with Crippen LogP contribution >= 0.6 is 11.8 Å². The van der Waals surface area contributed by atoms with Crippen molar-refractivity contribution >= 4 is 22.7 Å². The molecule has 0 bridgehead atoms. The lowest BCUT2D eigenvalue weighted by molar-refractivity contribution is 0.0988. The topological polar surface area (TPSA) is 77.6 Å². The number of carbonyl (C=O) groups is 1.